The van der Waals surface area contributed by atoms with Crippen molar-refractivity contribution in [3.8, 4) is 0 Å². The maximum Gasteiger partial charge on any atom is 0.224 e. The Bertz CT molecular complexity index is 442. The molecular formula is C15H21BrN2O. The van der Waals surface area contributed by atoms with Crippen molar-refractivity contribution in [3.05, 3.63) is 22.4 Å². The van der Waals surface area contributed by atoms with E-state index < -0.39 is 0 Å². The molecule has 0 bridgehead atoms. The molecule has 2 rings (SSSR count). The Labute approximate surface area is 123 Å². The third kappa shape index (κ3) is 4.60. The summed E-state index contributed by atoms with van der Waals surface area (Å²) in [4.78, 5) is 16.1. The van der Waals surface area contributed by atoms with Crippen LogP contribution in [0.25, 0.3) is 0 Å². The molecule has 0 aliphatic heterocycles. The first-order valence-corrected chi connectivity index (χ1v) is 7.86. The van der Waals surface area contributed by atoms with Crippen LogP contribution in [-0.2, 0) is 4.79 Å². The number of carbonyl (C=O) groups is 1. The second kappa shape index (κ2) is 7.04. The number of rotatable bonds is 4. The Balaban J connectivity index is 1.78. The third-order valence-corrected chi connectivity index (χ3v) is 4.63. The highest BCUT2D eigenvalue weighted by Gasteiger charge is 2.14. The highest BCUT2D eigenvalue weighted by Crippen LogP contribution is 2.27. The zero-order valence-corrected chi connectivity index (χ0v) is 13.0. The summed E-state index contributed by atoms with van der Waals surface area (Å²) >= 11 is 3.35. The van der Waals surface area contributed by atoms with Crippen molar-refractivity contribution in [2.24, 2.45) is 5.92 Å². The number of pyridine rings is 1. The molecule has 1 aliphatic carbocycles. The van der Waals surface area contributed by atoms with Crippen LogP contribution >= 0.6 is 15.9 Å². The Morgan fingerprint density at radius 3 is 2.84 bits per heavy atom. The maximum atomic E-state index is 11.9. The van der Waals surface area contributed by atoms with Gasteiger partial charge in [-0.25, -0.2) is 4.98 Å². The van der Waals surface area contributed by atoms with Crippen LogP contribution < -0.4 is 5.32 Å². The monoisotopic (exact) mass is 324 g/mol. The first kappa shape index (κ1) is 14.5. The first-order chi connectivity index (χ1) is 9.15. The van der Waals surface area contributed by atoms with Gasteiger partial charge in [0.2, 0.25) is 5.91 Å². The fraction of sp³-hybridized carbons (Fsp3) is 0.600. The predicted molar refractivity (Wildman–Crippen MR) is 81.1 cm³/mol. The number of aromatic nitrogens is 1. The van der Waals surface area contributed by atoms with E-state index in [2.05, 4.69) is 26.2 Å². The van der Waals surface area contributed by atoms with Gasteiger partial charge in [-0.15, -0.1) is 0 Å². The zero-order valence-electron chi connectivity index (χ0n) is 11.4. The van der Waals surface area contributed by atoms with Crippen LogP contribution in [0.15, 0.2) is 16.9 Å². The zero-order chi connectivity index (χ0) is 13.7. The number of carbonyl (C=O) groups excluding carboxylic acids is 1. The highest BCUT2D eigenvalue weighted by atomic mass is 79.9. The standard InChI is InChI=1S/C15H21BrN2O/c1-11-9-13(10-17-15(11)16)18-14(19)8-7-12-5-3-2-4-6-12/h9-10,12H,2-8H2,1H3,(H,18,19). The lowest BCUT2D eigenvalue weighted by Crippen LogP contribution is -2.15. The molecule has 0 spiro atoms. The summed E-state index contributed by atoms with van der Waals surface area (Å²) in [5.74, 6) is 0.860. The van der Waals surface area contributed by atoms with Crippen LogP contribution in [-0.4, -0.2) is 10.9 Å². The molecular weight excluding hydrogens is 304 g/mol. The molecule has 1 aromatic heterocycles. The topological polar surface area (TPSA) is 42.0 Å². The minimum atomic E-state index is 0.106. The van der Waals surface area contributed by atoms with Crippen LogP contribution in [0.2, 0.25) is 0 Å². The van der Waals surface area contributed by atoms with Gasteiger partial charge in [-0.1, -0.05) is 32.1 Å². The smallest absolute Gasteiger partial charge is 0.224 e. The summed E-state index contributed by atoms with van der Waals surface area (Å²) in [6.07, 6.45) is 9.97. The van der Waals surface area contributed by atoms with Crippen LogP contribution in [0.5, 0.6) is 0 Å². The number of amides is 1. The first-order valence-electron chi connectivity index (χ1n) is 7.07. The molecule has 1 saturated carbocycles. The van der Waals surface area contributed by atoms with E-state index in [9.17, 15) is 4.79 Å². The van der Waals surface area contributed by atoms with E-state index in [0.29, 0.717) is 6.42 Å². The molecule has 0 radical (unpaired) electrons. The largest absolute Gasteiger partial charge is 0.325 e. The van der Waals surface area contributed by atoms with Gasteiger partial charge in [-0.3, -0.25) is 4.79 Å². The second-order valence-electron chi connectivity index (χ2n) is 5.42. The van der Waals surface area contributed by atoms with Crippen LogP contribution in [0.3, 0.4) is 0 Å². The van der Waals surface area contributed by atoms with E-state index in [1.807, 2.05) is 13.0 Å². The Morgan fingerprint density at radius 1 is 1.42 bits per heavy atom. The summed E-state index contributed by atoms with van der Waals surface area (Å²) < 4.78 is 0.827. The van der Waals surface area contributed by atoms with Gasteiger partial charge in [0.25, 0.3) is 0 Å². The van der Waals surface area contributed by atoms with E-state index in [4.69, 9.17) is 0 Å². The van der Waals surface area contributed by atoms with E-state index >= 15 is 0 Å². The lowest BCUT2D eigenvalue weighted by Gasteiger charge is -2.21. The fourth-order valence-corrected chi connectivity index (χ4v) is 2.88. The molecule has 19 heavy (non-hydrogen) atoms. The average molecular weight is 325 g/mol. The third-order valence-electron chi connectivity index (χ3n) is 3.80. The summed E-state index contributed by atoms with van der Waals surface area (Å²) in [6.45, 7) is 1.97. The van der Waals surface area contributed by atoms with Crippen LogP contribution in [0.4, 0.5) is 5.69 Å². The number of aryl methyl sites for hydroxylation is 1. The molecule has 1 fully saturated rings. The van der Waals surface area contributed by atoms with Gasteiger partial charge in [0.1, 0.15) is 4.60 Å². The van der Waals surface area contributed by atoms with Crippen molar-refractivity contribution in [2.75, 3.05) is 5.32 Å². The maximum absolute atomic E-state index is 11.9. The van der Waals surface area contributed by atoms with Gasteiger partial charge in [-0.05, 0) is 46.8 Å². The summed E-state index contributed by atoms with van der Waals surface area (Å²) in [6, 6.07) is 1.94. The normalized spacial score (nSPS) is 16.3. The number of nitrogens with zero attached hydrogens (tertiary/aromatic N) is 1. The second-order valence-corrected chi connectivity index (χ2v) is 6.17. The molecule has 1 heterocycles. The van der Waals surface area contributed by atoms with E-state index in [1.54, 1.807) is 6.20 Å². The van der Waals surface area contributed by atoms with Crippen molar-refractivity contribution in [2.45, 2.75) is 51.9 Å². The van der Waals surface area contributed by atoms with Crippen LogP contribution in [0.1, 0.15) is 50.5 Å². The van der Waals surface area contributed by atoms with E-state index in [1.165, 1.54) is 32.1 Å². The van der Waals surface area contributed by atoms with Gasteiger partial charge in [0.15, 0.2) is 0 Å². The molecule has 3 nitrogen and oxygen atoms in total. The lowest BCUT2D eigenvalue weighted by molar-refractivity contribution is -0.116. The van der Waals surface area contributed by atoms with Gasteiger partial charge in [-0.2, -0.15) is 0 Å². The molecule has 0 atom stereocenters. The van der Waals surface area contributed by atoms with Gasteiger partial charge >= 0.3 is 0 Å². The van der Waals surface area contributed by atoms with Crippen LogP contribution in [0, 0.1) is 12.8 Å². The predicted octanol–water partition coefficient (Wildman–Crippen LogP) is 4.45. The van der Waals surface area contributed by atoms with Crippen molar-refractivity contribution < 1.29 is 4.79 Å². The molecule has 1 N–H and O–H groups in total. The molecule has 0 unspecified atom stereocenters. The van der Waals surface area contributed by atoms with Gasteiger partial charge in [0.05, 0.1) is 11.9 Å². The van der Waals surface area contributed by atoms with Crippen molar-refractivity contribution >= 4 is 27.5 Å². The molecule has 1 aliphatic rings. The minimum absolute atomic E-state index is 0.106. The molecule has 4 heteroatoms. The van der Waals surface area contributed by atoms with Gasteiger partial charge in [0, 0.05) is 6.42 Å². The summed E-state index contributed by atoms with van der Waals surface area (Å²) in [5, 5.41) is 2.93. The Morgan fingerprint density at radius 2 is 2.16 bits per heavy atom. The van der Waals surface area contributed by atoms with Crippen molar-refractivity contribution in [1.29, 1.82) is 0 Å². The Kier molecular flexibility index (Phi) is 5.37. The van der Waals surface area contributed by atoms with E-state index in [0.717, 1.165) is 28.2 Å². The Hall–Kier alpha value is -0.900. The molecule has 0 aromatic carbocycles. The molecule has 0 saturated heterocycles. The summed E-state index contributed by atoms with van der Waals surface area (Å²) in [7, 11) is 0. The van der Waals surface area contributed by atoms with E-state index in [-0.39, 0.29) is 5.91 Å². The van der Waals surface area contributed by atoms with Crippen molar-refractivity contribution in [3.63, 3.8) is 0 Å². The molecule has 104 valence electrons. The van der Waals surface area contributed by atoms with Gasteiger partial charge < -0.3 is 5.32 Å². The number of nitrogens with one attached hydrogen (secondary N) is 1. The number of hydrogen-bond donors (Lipinski definition) is 1. The number of hydrogen-bond acceptors (Lipinski definition) is 2. The number of anilines is 1. The fourth-order valence-electron chi connectivity index (χ4n) is 2.66. The average Bonchev–Trinajstić information content (AvgIpc) is 2.42. The SMILES string of the molecule is Cc1cc(NC(=O)CCC2CCCCC2)cnc1Br. The minimum Gasteiger partial charge on any atom is -0.325 e. The quantitative estimate of drug-likeness (QED) is 0.831. The lowest BCUT2D eigenvalue weighted by atomic mass is 9.86. The molecule has 1 amide bonds. The highest BCUT2D eigenvalue weighted by molar-refractivity contribution is 9.10. The number of halogens is 1. The van der Waals surface area contributed by atoms with Crippen molar-refractivity contribution in [1.82, 2.24) is 4.98 Å². The summed E-state index contributed by atoms with van der Waals surface area (Å²) in [5.41, 5.74) is 1.82. The molecule has 1 aromatic rings.